The van der Waals surface area contributed by atoms with E-state index in [-0.39, 0.29) is 55.8 Å². The zero-order valence-corrected chi connectivity index (χ0v) is 10.9. The Balaban J connectivity index is -0.0000000965. The van der Waals surface area contributed by atoms with Gasteiger partial charge in [-0.25, -0.2) is 0 Å². The average molecular weight is 339 g/mol. The summed E-state index contributed by atoms with van der Waals surface area (Å²) in [6, 6.07) is 0. The molecule has 11 heteroatoms. The fourth-order valence-corrected chi connectivity index (χ4v) is 0. The summed E-state index contributed by atoms with van der Waals surface area (Å²) in [7, 11) is 0. The van der Waals surface area contributed by atoms with Gasteiger partial charge in [-0.2, -0.15) is 0 Å². The molecule has 12 N–H and O–H groups in total. The van der Waals surface area contributed by atoms with Crippen LogP contribution in [0, 0.1) is 0 Å². The predicted octanol–water partition coefficient (Wildman–Crippen LogP) is -6.80. The Labute approximate surface area is 140 Å². The van der Waals surface area contributed by atoms with Gasteiger partial charge < -0.3 is 54.1 Å². The number of hydrogen-bond acceptors (Lipinski definition) is 10. The van der Waals surface area contributed by atoms with Gasteiger partial charge in [-0.05, 0) is 0 Å². The number of carbonyl (C=O) groups is 2. The van der Waals surface area contributed by atoms with Gasteiger partial charge in [-0.15, -0.1) is 0 Å². The fraction of sp³-hybridized carbons (Fsp3) is 0.750. The molecular weight excluding hydrogens is 303 g/mol. The third kappa shape index (κ3) is 103. The van der Waals surface area contributed by atoms with Crippen molar-refractivity contribution in [1.29, 1.82) is 0 Å². The Hall–Kier alpha value is -0.806. The summed E-state index contributed by atoms with van der Waals surface area (Å²) in [5, 5.41) is 17.9. The van der Waals surface area contributed by atoms with E-state index in [0.29, 0.717) is 34.3 Å². The second kappa shape index (κ2) is 36.0. The Morgan fingerprint density at radius 2 is 0.842 bits per heavy atom. The number of carbonyl (C=O) groups excluding carboxylic acids is 2. The van der Waals surface area contributed by atoms with Crippen molar-refractivity contribution in [3.8, 4) is 0 Å². The van der Waals surface area contributed by atoms with Gasteiger partial charge in [0.05, 0.1) is 11.9 Å². The van der Waals surface area contributed by atoms with Gasteiger partial charge in [0.2, 0.25) is 0 Å². The number of aliphatic carboxylic acids is 2. The van der Waals surface area contributed by atoms with Crippen molar-refractivity contribution in [2.75, 3.05) is 39.3 Å². The van der Waals surface area contributed by atoms with Gasteiger partial charge in [0.25, 0.3) is 0 Å². The van der Waals surface area contributed by atoms with Gasteiger partial charge in [-0.1, -0.05) is 0 Å². The molecule has 0 aliphatic heterocycles. The normalized spacial score (nSPS) is 17.2. The minimum Gasteiger partial charge on any atom is -0.543 e. The molecule has 0 rings (SSSR count). The molecule has 0 aromatic carbocycles. The van der Waals surface area contributed by atoms with E-state index in [1.807, 2.05) is 0 Å². The molecule has 0 saturated heterocycles. The molecule has 19 heavy (non-hydrogen) atoms. The summed E-state index contributed by atoms with van der Waals surface area (Å²) < 4.78 is 77.7. The predicted molar refractivity (Wildman–Crippen MR) is 64.3 cm³/mol. The van der Waals surface area contributed by atoms with Crippen LogP contribution in [-0.4, -0.2) is 51.2 Å². The monoisotopic (exact) mass is 338 g/mol. The molecular formula is C8H24N6NiO4. The van der Waals surface area contributed by atoms with E-state index in [9.17, 15) is 0 Å². The van der Waals surface area contributed by atoms with Crippen molar-refractivity contribution >= 4 is 11.9 Å². The molecule has 0 saturated carbocycles. The average Bonchev–Trinajstić information content (AvgIpc) is 2.58. The van der Waals surface area contributed by atoms with E-state index in [0.717, 1.165) is 0 Å². The zero-order chi connectivity index (χ0) is 24.9. The molecule has 0 aromatic rings. The van der Waals surface area contributed by atoms with Gasteiger partial charge in [-0.3, -0.25) is 0 Å². The topological polar surface area (TPSA) is 236 Å². The van der Waals surface area contributed by atoms with Crippen molar-refractivity contribution in [2.45, 2.75) is 0 Å². The second-order valence-electron chi connectivity index (χ2n) is 1.92. The molecule has 0 spiro atoms. The van der Waals surface area contributed by atoms with E-state index in [4.69, 9.17) is 36.7 Å². The number of rotatable bonds is 9. The maximum Gasteiger partial charge on any atom is 2.00 e. The van der Waals surface area contributed by atoms with Crippen LogP contribution in [0.3, 0.4) is 0 Å². The molecule has 120 valence electrons. The van der Waals surface area contributed by atoms with E-state index >= 15 is 0 Å². The van der Waals surface area contributed by atoms with Crippen LogP contribution < -0.4 is 44.5 Å². The molecule has 0 fully saturated rings. The van der Waals surface area contributed by atoms with Crippen LogP contribution in [0.25, 0.3) is 0 Å². The van der Waals surface area contributed by atoms with Crippen LogP contribution in [0.5, 0.6) is 0 Å². The summed E-state index contributed by atoms with van der Waals surface area (Å²) in [6.07, 6.45) is 0. The molecule has 0 bridgehead atoms. The molecule has 0 atom stereocenters. The fourth-order valence-electron chi connectivity index (χ4n) is 0. The summed E-state index contributed by atoms with van der Waals surface area (Å²) in [5.74, 6) is -4.37. The van der Waals surface area contributed by atoms with Gasteiger partial charge in [0.15, 0.2) is 0 Å². The minimum atomic E-state index is -2.19. The minimum absolute atomic E-state index is 0. The van der Waals surface area contributed by atoms with Crippen LogP contribution in [0.2, 0.25) is 16.9 Å². The molecule has 0 amide bonds. The Bertz CT molecular complexity index is 341. The maximum absolute atomic E-state index is 8.93. The van der Waals surface area contributed by atoms with Gasteiger partial charge in [0.1, 0.15) is 16.9 Å². The van der Waals surface area contributed by atoms with Crippen molar-refractivity contribution in [1.82, 2.24) is 0 Å². The van der Waals surface area contributed by atoms with Crippen molar-refractivity contribution in [3.63, 3.8) is 0 Å². The smallest absolute Gasteiger partial charge is 0.543 e. The van der Waals surface area contributed by atoms with Crippen LogP contribution in [0.15, 0.2) is 0 Å². The number of carboxylic acid groups (broad SMARTS) is 2. The van der Waals surface area contributed by atoms with Crippen LogP contribution in [0.1, 0.15) is 0 Å². The molecule has 0 aliphatic carbocycles. The van der Waals surface area contributed by atoms with Crippen molar-refractivity contribution in [3.05, 3.63) is 0 Å². The summed E-state index contributed by atoms with van der Waals surface area (Å²) in [4.78, 5) is 17.9. The maximum atomic E-state index is 8.93. The van der Waals surface area contributed by atoms with Crippen LogP contribution >= 0.6 is 0 Å². The number of hydrogen-bond donors (Lipinski definition) is 6. The quantitative estimate of drug-likeness (QED) is 0.171. The molecule has 0 aliphatic rings. The molecule has 0 heterocycles. The first-order valence-electron chi connectivity index (χ1n) is 9.83. The van der Waals surface area contributed by atoms with Gasteiger partial charge in [0, 0.05) is 39.3 Å². The summed E-state index contributed by atoms with van der Waals surface area (Å²) in [5.41, 5.74) is 2.64. The van der Waals surface area contributed by atoms with Crippen molar-refractivity contribution in [2.24, 2.45) is 34.3 Å². The summed E-state index contributed by atoms with van der Waals surface area (Å²) >= 11 is 0. The molecule has 0 radical (unpaired) electrons. The Morgan fingerprint density at radius 1 is 0.684 bits per heavy atom. The van der Waals surface area contributed by atoms with Crippen LogP contribution in [0.4, 0.5) is 0 Å². The number of carboxylic acids is 2. The SMILES string of the molecule is O=C([O-])C(=O)[O-].[2H]N([2H])CCN([2H])[2H].[2H]N([2H])CCN([2H])[2H].[2H]N([2H])CCN([2H])[2H].[Ni+2]. The van der Waals surface area contributed by atoms with E-state index in [2.05, 4.69) is 0 Å². The van der Waals surface area contributed by atoms with E-state index in [1.165, 1.54) is 0 Å². The first-order valence-corrected chi connectivity index (χ1v) is 4.46. The first kappa shape index (κ1) is 8.47. The van der Waals surface area contributed by atoms with E-state index in [1.54, 1.807) is 0 Å². The third-order valence-corrected chi connectivity index (χ3v) is 0.467. The first-order chi connectivity index (χ1) is 13.5. The molecule has 0 unspecified atom stereocenters. The molecule has 0 aromatic heterocycles. The van der Waals surface area contributed by atoms with Crippen LogP contribution in [-0.2, 0) is 26.1 Å². The second-order valence-corrected chi connectivity index (χ2v) is 1.92. The standard InChI is InChI=1S/3C2H8N2.C2H2O4.Ni/c3*3-1-2-4;3-1(4)2(5)6;/h3*1-4H2;(H,3,4)(H,5,6);/q;;;;+2/p-2/i/hD12. The van der Waals surface area contributed by atoms with Crippen molar-refractivity contribution < 1.29 is 53.2 Å². The third-order valence-electron chi connectivity index (χ3n) is 0.467. The summed E-state index contributed by atoms with van der Waals surface area (Å²) in [6.45, 7) is 0.625. The Morgan fingerprint density at radius 3 is 0.895 bits per heavy atom. The molecule has 10 nitrogen and oxygen atoms in total. The van der Waals surface area contributed by atoms with E-state index < -0.39 is 11.9 Å². The zero-order valence-electron chi connectivity index (χ0n) is 21.9. The van der Waals surface area contributed by atoms with Gasteiger partial charge >= 0.3 is 16.5 Å². The Kier molecular flexibility index (Phi) is 16.0. The largest absolute Gasteiger partial charge is 2.00 e. The number of nitrogens with two attached hydrogens (primary N) is 6.